The Morgan fingerprint density at radius 1 is 1.08 bits per heavy atom. The average molecular weight is 366 g/mol. The molecule has 128 valence electrons. The summed E-state index contributed by atoms with van der Waals surface area (Å²) >= 11 is 5.81. The second-order valence-electron chi connectivity index (χ2n) is 5.23. The Labute approximate surface area is 148 Å². The van der Waals surface area contributed by atoms with Crippen LogP contribution in [-0.4, -0.2) is 26.4 Å². The summed E-state index contributed by atoms with van der Waals surface area (Å²) in [6.07, 6.45) is 1.56. The number of nitrogens with zero attached hydrogens (tertiary/aromatic N) is 1. The van der Waals surface area contributed by atoms with Crippen molar-refractivity contribution in [3.05, 3.63) is 70.1 Å². The first kappa shape index (κ1) is 18.5. The normalized spacial score (nSPS) is 12.0. The van der Waals surface area contributed by atoms with E-state index in [9.17, 15) is 8.42 Å². The number of hydrogen-bond acceptors (Lipinski definition) is 3. The predicted octanol–water partition coefficient (Wildman–Crippen LogP) is 4.17. The highest BCUT2D eigenvalue weighted by molar-refractivity contribution is 7.92. The molecule has 24 heavy (non-hydrogen) atoms. The minimum Gasteiger partial charge on any atom is -0.494 e. The predicted molar refractivity (Wildman–Crippen MR) is 98.5 cm³/mol. The summed E-state index contributed by atoms with van der Waals surface area (Å²) < 4.78 is 31.3. The first-order valence-electron chi connectivity index (χ1n) is 7.52. The van der Waals surface area contributed by atoms with E-state index in [0.29, 0.717) is 18.2 Å². The van der Waals surface area contributed by atoms with Gasteiger partial charge in [0.2, 0.25) is 10.0 Å². The molecule has 2 rings (SSSR count). The van der Waals surface area contributed by atoms with Crippen LogP contribution in [0.1, 0.15) is 18.1 Å². The topological polar surface area (TPSA) is 46.6 Å². The van der Waals surface area contributed by atoms with E-state index in [4.69, 9.17) is 16.3 Å². The molecule has 0 aromatic heterocycles. The number of hydrogen-bond donors (Lipinski definition) is 0. The monoisotopic (exact) mass is 365 g/mol. The van der Waals surface area contributed by atoms with Gasteiger partial charge in [-0.1, -0.05) is 35.9 Å². The number of ether oxygens (including phenoxy) is 1. The molecule has 0 amide bonds. The van der Waals surface area contributed by atoms with Crippen molar-refractivity contribution in [2.75, 3.05) is 13.7 Å². The number of halogens is 1. The van der Waals surface area contributed by atoms with E-state index in [1.807, 2.05) is 31.2 Å². The van der Waals surface area contributed by atoms with Crippen molar-refractivity contribution in [2.45, 2.75) is 13.5 Å². The van der Waals surface area contributed by atoms with Gasteiger partial charge in [0.05, 0.1) is 6.61 Å². The summed E-state index contributed by atoms with van der Waals surface area (Å²) in [5, 5.41) is 1.81. The fourth-order valence-corrected chi connectivity index (χ4v) is 3.04. The third-order valence-corrected chi connectivity index (χ3v) is 5.11. The van der Waals surface area contributed by atoms with E-state index >= 15 is 0 Å². The third kappa shape index (κ3) is 5.37. The second-order valence-corrected chi connectivity index (χ2v) is 7.59. The molecule has 0 aliphatic carbocycles. The zero-order chi connectivity index (χ0) is 17.6. The molecule has 0 N–H and O–H groups in total. The zero-order valence-electron chi connectivity index (χ0n) is 13.6. The van der Waals surface area contributed by atoms with Crippen LogP contribution < -0.4 is 4.74 Å². The van der Waals surface area contributed by atoms with Crippen LogP contribution in [0.25, 0.3) is 6.08 Å². The van der Waals surface area contributed by atoms with E-state index in [1.54, 1.807) is 37.4 Å². The molecule has 0 heterocycles. The molecule has 2 aromatic carbocycles. The second kappa shape index (κ2) is 8.33. The van der Waals surface area contributed by atoms with E-state index < -0.39 is 10.0 Å². The highest BCUT2D eigenvalue weighted by Gasteiger charge is 2.14. The van der Waals surface area contributed by atoms with Crippen LogP contribution in [0.4, 0.5) is 0 Å². The molecule has 0 aliphatic rings. The quantitative estimate of drug-likeness (QED) is 0.739. The molecule has 0 bridgehead atoms. The maximum Gasteiger partial charge on any atom is 0.236 e. The van der Waals surface area contributed by atoms with Gasteiger partial charge in [-0.25, -0.2) is 8.42 Å². The van der Waals surface area contributed by atoms with Crippen molar-refractivity contribution in [1.29, 1.82) is 0 Å². The maximum absolute atomic E-state index is 12.3. The van der Waals surface area contributed by atoms with Gasteiger partial charge < -0.3 is 4.74 Å². The Morgan fingerprint density at radius 3 is 2.29 bits per heavy atom. The molecule has 0 fully saturated rings. The highest BCUT2D eigenvalue weighted by atomic mass is 35.5. The molecule has 0 saturated heterocycles. The molecule has 0 atom stereocenters. The van der Waals surface area contributed by atoms with Crippen molar-refractivity contribution in [3.8, 4) is 5.75 Å². The molecule has 0 radical (unpaired) electrons. The largest absolute Gasteiger partial charge is 0.494 e. The molecule has 6 heteroatoms. The summed E-state index contributed by atoms with van der Waals surface area (Å²) in [5.74, 6) is 0.773. The first-order valence-corrected chi connectivity index (χ1v) is 9.40. The van der Waals surface area contributed by atoms with Gasteiger partial charge in [0, 0.05) is 24.0 Å². The van der Waals surface area contributed by atoms with Crippen LogP contribution in [0.5, 0.6) is 5.75 Å². The smallest absolute Gasteiger partial charge is 0.236 e. The lowest BCUT2D eigenvalue weighted by molar-refractivity contribution is 0.340. The van der Waals surface area contributed by atoms with E-state index in [0.717, 1.165) is 16.9 Å². The molecular weight excluding hydrogens is 346 g/mol. The molecule has 2 aromatic rings. The lowest BCUT2D eigenvalue weighted by atomic mass is 10.2. The number of benzene rings is 2. The average Bonchev–Trinajstić information content (AvgIpc) is 2.56. The van der Waals surface area contributed by atoms with Crippen molar-refractivity contribution >= 4 is 27.7 Å². The standard InChI is InChI=1S/C18H20ClNO3S/c1-3-23-18-10-6-16(7-11-18)14-20(2)24(21,22)13-12-15-4-8-17(19)9-5-15/h4-13H,3,14H2,1-2H3/b13-12+. The van der Waals surface area contributed by atoms with Crippen LogP contribution >= 0.6 is 11.6 Å². The fourth-order valence-electron chi connectivity index (χ4n) is 2.05. The molecule has 0 unspecified atom stereocenters. The van der Waals surface area contributed by atoms with Gasteiger partial charge in [-0.15, -0.1) is 0 Å². The summed E-state index contributed by atoms with van der Waals surface area (Å²) in [4.78, 5) is 0. The Bertz CT molecular complexity index is 784. The van der Waals surface area contributed by atoms with E-state index in [-0.39, 0.29) is 0 Å². The SMILES string of the molecule is CCOc1ccc(CN(C)S(=O)(=O)/C=C/c2ccc(Cl)cc2)cc1. The molecular formula is C18H20ClNO3S. The third-order valence-electron chi connectivity index (χ3n) is 3.38. The Balaban J connectivity index is 2.04. The molecule has 0 spiro atoms. The van der Waals surface area contributed by atoms with E-state index in [2.05, 4.69) is 0 Å². The molecule has 4 nitrogen and oxygen atoms in total. The molecule has 0 aliphatic heterocycles. The summed E-state index contributed by atoms with van der Waals surface area (Å²) in [5.41, 5.74) is 1.67. The Hall–Kier alpha value is -1.82. The highest BCUT2D eigenvalue weighted by Crippen LogP contribution is 2.16. The summed E-state index contributed by atoms with van der Waals surface area (Å²) in [7, 11) is -1.95. The van der Waals surface area contributed by atoms with Crippen molar-refractivity contribution < 1.29 is 13.2 Å². The minimum atomic E-state index is -3.50. The fraction of sp³-hybridized carbons (Fsp3) is 0.222. The first-order chi connectivity index (χ1) is 11.4. The lowest BCUT2D eigenvalue weighted by Crippen LogP contribution is -2.24. The van der Waals surface area contributed by atoms with Crippen LogP contribution in [0.15, 0.2) is 53.9 Å². The Kier molecular flexibility index (Phi) is 6.43. The van der Waals surface area contributed by atoms with E-state index in [1.165, 1.54) is 9.71 Å². The van der Waals surface area contributed by atoms with Gasteiger partial charge in [-0.3, -0.25) is 0 Å². The summed E-state index contributed by atoms with van der Waals surface area (Å²) in [6, 6.07) is 14.4. The minimum absolute atomic E-state index is 0.291. The van der Waals surface area contributed by atoms with Crippen LogP contribution in [0, 0.1) is 0 Å². The zero-order valence-corrected chi connectivity index (χ0v) is 15.2. The van der Waals surface area contributed by atoms with Crippen LogP contribution in [-0.2, 0) is 16.6 Å². The van der Waals surface area contributed by atoms with Gasteiger partial charge in [-0.2, -0.15) is 4.31 Å². The molecule has 0 saturated carbocycles. The van der Waals surface area contributed by atoms with Crippen molar-refractivity contribution in [2.24, 2.45) is 0 Å². The van der Waals surface area contributed by atoms with Gasteiger partial charge in [0.15, 0.2) is 0 Å². The van der Waals surface area contributed by atoms with Crippen molar-refractivity contribution in [3.63, 3.8) is 0 Å². The summed E-state index contributed by atoms with van der Waals surface area (Å²) in [6.45, 7) is 2.81. The lowest BCUT2D eigenvalue weighted by Gasteiger charge is -2.15. The number of sulfonamides is 1. The number of rotatable bonds is 7. The van der Waals surface area contributed by atoms with Gasteiger partial charge in [-0.05, 0) is 48.4 Å². The van der Waals surface area contributed by atoms with Crippen molar-refractivity contribution in [1.82, 2.24) is 4.31 Å². The van der Waals surface area contributed by atoms with Gasteiger partial charge in [0.25, 0.3) is 0 Å². The van der Waals surface area contributed by atoms with Crippen LogP contribution in [0.3, 0.4) is 0 Å². The van der Waals surface area contributed by atoms with Crippen LogP contribution in [0.2, 0.25) is 5.02 Å². The Morgan fingerprint density at radius 2 is 1.71 bits per heavy atom. The van der Waals surface area contributed by atoms with Gasteiger partial charge in [0.1, 0.15) is 5.75 Å². The maximum atomic E-state index is 12.3. The van der Waals surface area contributed by atoms with Gasteiger partial charge >= 0.3 is 0 Å².